The molecule has 6 aromatic carbocycles. The monoisotopic (exact) mass is 829 g/mol. The number of carboxylic acids is 1. The molecular weight excluding hydrogens is 792 g/mol. The molecule has 0 spiro atoms. The summed E-state index contributed by atoms with van der Waals surface area (Å²) in [4.78, 5) is 9.18. The van der Waals surface area contributed by atoms with Gasteiger partial charge in [-0.2, -0.15) is 0 Å². The topological polar surface area (TPSA) is 236 Å². The molecule has 0 amide bonds. The van der Waals surface area contributed by atoms with Gasteiger partial charge >= 0.3 is 29.6 Å². The van der Waals surface area contributed by atoms with E-state index < -0.39 is 24.9 Å². The molecule has 0 unspecified atom stereocenters. The van der Waals surface area contributed by atoms with Gasteiger partial charge in [0, 0.05) is 38.5 Å². The number of hydrogen-bond donors (Lipinski definition) is 4. The van der Waals surface area contributed by atoms with Gasteiger partial charge in [-0.25, -0.2) is 16.8 Å². The molecule has 0 fully saturated rings. The number of nitrogen functional groups attached to an aromatic ring is 1. The molecule has 0 radical (unpaired) electrons. The van der Waals surface area contributed by atoms with Gasteiger partial charge in [0.15, 0.2) is 9.84 Å². The fraction of sp³-hybridized carbons (Fsp3) is 0.108. The standard InChI is InChI=1S/C18H16O4S.C10H9NO.C7H7ClO3S.C2H4O2.ClH.Na.H2O/c1-22-14-7-9-15(10-8-14)23(20,21)12-13-6-11-18(19)17-5-3-2-4-16(13)17;11-9-5-6-10(12)8-4-2-1-3-7(8)9;8-12(10,11)7-3-1-6(5-9)2-4-7;1-2(3)4;;;/h2-11,19H,12H2,1H3;1-6,12H,11H2;1-4,9H,5H2;1H3,(H,3,4);1H;;1H2/q;;;;;+1;/p-1. The predicted molar refractivity (Wildman–Crippen MR) is 206 cm³/mol. The number of phenols is 2. The van der Waals surface area contributed by atoms with Gasteiger partial charge in [0.05, 0.1) is 29.3 Å². The number of aliphatic hydroxyl groups is 1. The van der Waals surface area contributed by atoms with Crippen LogP contribution in [0.5, 0.6) is 17.2 Å². The van der Waals surface area contributed by atoms with Gasteiger partial charge in [-0.3, -0.25) is 0 Å². The van der Waals surface area contributed by atoms with Crippen molar-refractivity contribution in [1.82, 2.24) is 0 Å². The predicted octanol–water partition coefficient (Wildman–Crippen LogP) is 2.12. The minimum absolute atomic E-state index is 0. The Hall–Kier alpha value is -4.09. The molecule has 284 valence electrons. The van der Waals surface area contributed by atoms with Gasteiger partial charge in [-0.05, 0) is 78.0 Å². The van der Waals surface area contributed by atoms with Gasteiger partial charge in [0.25, 0.3) is 9.05 Å². The summed E-state index contributed by atoms with van der Waals surface area (Å²) in [6.45, 7) is 0.864. The van der Waals surface area contributed by atoms with E-state index in [2.05, 4.69) is 0 Å². The number of carbonyl (C=O) groups excluding carboxylic acids is 1. The van der Waals surface area contributed by atoms with Gasteiger partial charge in [-0.15, -0.1) is 12.4 Å². The number of anilines is 1. The molecule has 0 aromatic heterocycles. The van der Waals surface area contributed by atoms with Crippen LogP contribution in [0.2, 0.25) is 0 Å². The first-order valence-corrected chi connectivity index (χ1v) is 18.9. The summed E-state index contributed by atoms with van der Waals surface area (Å²) in [5, 5.41) is 40.0. The molecular formula is C37H38Cl2NNaO11S2. The molecule has 0 saturated heterocycles. The minimum atomic E-state index is -3.64. The molecule has 17 heteroatoms. The largest absolute Gasteiger partial charge is 1.00 e. The molecule has 6 rings (SSSR count). The summed E-state index contributed by atoms with van der Waals surface area (Å²) in [5.41, 5.74) is 7.72. The van der Waals surface area contributed by atoms with Crippen molar-refractivity contribution < 1.29 is 81.8 Å². The number of carboxylic acid groups (broad SMARTS) is 1. The van der Waals surface area contributed by atoms with Crippen molar-refractivity contribution >= 4 is 75.2 Å². The quantitative estimate of drug-likeness (QED) is 0.0821. The number of methoxy groups -OCH3 is 1. The SMILES string of the molecule is CC(=O)[O-].COc1ccc(S(=O)(=O)Cc2ccc(O)c3ccccc23)cc1.Cl.Nc1ccc(O)c2ccccc12.O.O=S(=O)(Cl)c1ccc(CO)cc1.[Na+]. The van der Waals surface area contributed by atoms with E-state index >= 15 is 0 Å². The van der Waals surface area contributed by atoms with Crippen LogP contribution in [0.25, 0.3) is 21.5 Å². The number of halogens is 2. The van der Waals surface area contributed by atoms with Crippen molar-refractivity contribution in [2.75, 3.05) is 12.8 Å². The van der Waals surface area contributed by atoms with E-state index in [1.165, 1.54) is 49.6 Å². The first-order chi connectivity index (χ1) is 24.1. The Morgan fingerprint density at radius 2 is 1.15 bits per heavy atom. The number of sulfone groups is 1. The molecule has 0 aliphatic carbocycles. The number of aliphatic hydroxyl groups excluding tert-OH is 1. The second kappa shape index (κ2) is 23.0. The third-order valence-corrected chi connectivity index (χ3v) is 10.1. The fourth-order valence-corrected chi connectivity index (χ4v) is 6.75. The van der Waals surface area contributed by atoms with E-state index in [0.29, 0.717) is 28.0 Å². The van der Waals surface area contributed by atoms with Crippen LogP contribution in [0, 0.1) is 0 Å². The third kappa shape index (κ3) is 14.6. The number of nitrogens with two attached hydrogens (primary N) is 1. The Kier molecular flexibility index (Phi) is 21.2. The van der Waals surface area contributed by atoms with Crippen LogP contribution < -0.4 is 45.1 Å². The number of hydrogen-bond acceptors (Lipinski definition) is 11. The van der Waals surface area contributed by atoms with Crippen LogP contribution in [0.1, 0.15) is 18.1 Å². The average molecular weight is 831 g/mol. The molecule has 0 bridgehead atoms. The molecule has 6 aromatic rings. The molecule has 0 saturated carbocycles. The van der Waals surface area contributed by atoms with Crippen LogP contribution in [0.4, 0.5) is 5.69 Å². The normalized spacial score (nSPS) is 10.2. The summed E-state index contributed by atoms with van der Waals surface area (Å²) in [6, 6.07) is 33.3. The Bertz CT molecular complexity index is 2280. The van der Waals surface area contributed by atoms with Crippen LogP contribution in [0.3, 0.4) is 0 Å². The Balaban J connectivity index is 0.000000775. The van der Waals surface area contributed by atoms with E-state index in [1.807, 2.05) is 42.5 Å². The number of ether oxygens (including phenoxy) is 1. The van der Waals surface area contributed by atoms with Gasteiger partial charge < -0.3 is 41.2 Å². The summed E-state index contributed by atoms with van der Waals surface area (Å²) in [6.07, 6.45) is 0. The van der Waals surface area contributed by atoms with Gasteiger partial charge in [0.1, 0.15) is 17.2 Å². The third-order valence-electron chi connectivity index (χ3n) is 7.08. The first-order valence-electron chi connectivity index (χ1n) is 14.9. The van der Waals surface area contributed by atoms with Gasteiger partial charge in [0.2, 0.25) is 0 Å². The molecule has 0 heterocycles. The number of carbonyl (C=O) groups is 1. The van der Waals surface area contributed by atoms with Crippen molar-refractivity contribution in [2.24, 2.45) is 0 Å². The van der Waals surface area contributed by atoms with Crippen LogP contribution >= 0.6 is 23.1 Å². The average Bonchev–Trinajstić information content (AvgIpc) is 3.11. The zero-order chi connectivity index (χ0) is 37.8. The number of aromatic hydroxyl groups is 2. The molecule has 0 aliphatic rings. The van der Waals surface area contributed by atoms with E-state index in [9.17, 15) is 27.0 Å². The van der Waals surface area contributed by atoms with Crippen molar-refractivity contribution in [3.63, 3.8) is 0 Å². The second-order valence-corrected chi connectivity index (χ2v) is 15.2. The van der Waals surface area contributed by atoms with Crippen molar-refractivity contribution in [2.45, 2.75) is 29.1 Å². The Morgan fingerprint density at radius 1 is 0.722 bits per heavy atom. The molecule has 12 nitrogen and oxygen atoms in total. The first kappa shape index (κ1) is 49.9. The van der Waals surface area contributed by atoms with E-state index in [4.69, 9.17) is 36.2 Å². The second-order valence-electron chi connectivity index (χ2n) is 10.7. The number of benzene rings is 6. The number of fused-ring (bicyclic) bond motifs is 2. The maximum Gasteiger partial charge on any atom is 1.00 e. The number of phenolic OH excluding ortho intramolecular Hbond substituents is 2. The molecule has 0 aliphatic heterocycles. The summed E-state index contributed by atoms with van der Waals surface area (Å²) in [5.74, 6) is -0.176. The summed E-state index contributed by atoms with van der Waals surface area (Å²) >= 11 is 0. The maximum absolute atomic E-state index is 12.6. The maximum atomic E-state index is 12.6. The summed E-state index contributed by atoms with van der Waals surface area (Å²) in [7, 11) is -0.519. The van der Waals surface area contributed by atoms with E-state index in [1.54, 1.807) is 36.4 Å². The Morgan fingerprint density at radius 3 is 1.59 bits per heavy atom. The zero-order valence-corrected chi connectivity index (χ0v) is 34.5. The minimum Gasteiger partial charge on any atom is -0.550 e. The summed E-state index contributed by atoms with van der Waals surface area (Å²) < 4.78 is 51.8. The Labute approximate surface area is 346 Å². The van der Waals surface area contributed by atoms with Crippen molar-refractivity contribution in [3.8, 4) is 17.2 Å². The molecule has 7 N–H and O–H groups in total. The van der Waals surface area contributed by atoms with Crippen LogP contribution in [0.15, 0.2) is 131 Å². The molecule has 54 heavy (non-hydrogen) atoms. The number of aliphatic carboxylic acids is 1. The smallest absolute Gasteiger partial charge is 0.550 e. The van der Waals surface area contributed by atoms with Crippen LogP contribution in [-0.2, 0) is 36.0 Å². The van der Waals surface area contributed by atoms with Crippen LogP contribution in [-0.4, -0.2) is 50.7 Å². The number of rotatable bonds is 6. The van der Waals surface area contributed by atoms with E-state index in [-0.39, 0.29) is 81.1 Å². The fourth-order valence-electron chi connectivity index (χ4n) is 4.61. The molecule has 0 atom stereocenters. The zero-order valence-electron chi connectivity index (χ0n) is 29.3. The van der Waals surface area contributed by atoms with E-state index in [0.717, 1.165) is 23.1 Å². The van der Waals surface area contributed by atoms with Gasteiger partial charge in [-0.1, -0.05) is 66.7 Å². The van der Waals surface area contributed by atoms with Crippen molar-refractivity contribution in [1.29, 1.82) is 0 Å². The van der Waals surface area contributed by atoms with Crippen molar-refractivity contribution in [3.05, 3.63) is 132 Å².